The van der Waals surface area contributed by atoms with Crippen molar-refractivity contribution in [2.24, 2.45) is 0 Å². The summed E-state index contributed by atoms with van der Waals surface area (Å²) in [7, 11) is 1.58. The van der Waals surface area contributed by atoms with Gasteiger partial charge in [-0.05, 0) is 43.5 Å². The number of hydrogen-bond donors (Lipinski definition) is 1. The van der Waals surface area contributed by atoms with Crippen LogP contribution in [0.3, 0.4) is 0 Å². The van der Waals surface area contributed by atoms with Crippen LogP contribution in [0.15, 0.2) is 42.5 Å². The lowest BCUT2D eigenvalue weighted by Crippen LogP contribution is -2.37. The number of methoxy groups -OCH3 is 1. The predicted octanol–water partition coefficient (Wildman–Crippen LogP) is 3.60. The van der Waals surface area contributed by atoms with Gasteiger partial charge in [0.1, 0.15) is 25.2 Å². The zero-order chi connectivity index (χ0) is 20.3. The summed E-state index contributed by atoms with van der Waals surface area (Å²) in [4.78, 5) is 19.5. The number of anilines is 1. The van der Waals surface area contributed by atoms with Gasteiger partial charge in [-0.25, -0.2) is 4.98 Å². The molecule has 0 fully saturated rings. The first-order chi connectivity index (χ1) is 13.5. The van der Waals surface area contributed by atoms with E-state index in [0.717, 1.165) is 34.3 Å². The number of amides is 1. The van der Waals surface area contributed by atoms with E-state index >= 15 is 0 Å². The van der Waals surface area contributed by atoms with Crippen molar-refractivity contribution >= 4 is 22.6 Å². The highest BCUT2D eigenvalue weighted by molar-refractivity contribution is 5.95. The average molecular weight is 381 g/mol. The number of aromatic nitrogens is 2. The Balaban J connectivity index is 2.03. The van der Waals surface area contributed by atoms with Crippen LogP contribution in [0.2, 0.25) is 0 Å². The van der Waals surface area contributed by atoms with E-state index in [1.807, 2.05) is 49.4 Å². The molecule has 1 atom stereocenters. The second-order valence-corrected chi connectivity index (χ2v) is 6.90. The molecule has 0 aliphatic rings. The van der Waals surface area contributed by atoms with Crippen LogP contribution >= 0.6 is 0 Å². The van der Waals surface area contributed by atoms with Gasteiger partial charge in [-0.1, -0.05) is 37.3 Å². The molecule has 1 heterocycles. The van der Waals surface area contributed by atoms with Gasteiger partial charge in [-0.15, -0.1) is 0 Å². The average Bonchev–Trinajstić information content (AvgIpc) is 3.05. The van der Waals surface area contributed by atoms with Crippen LogP contribution in [0, 0.1) is 6.92 Å². The molecule has 1 amide bonds. The van der Waals surface area contributed by atoms with Gasteiger partial charge in [0.25, 0.3) is 0 Å². The Kier molecular flexibility index (Phi) is 6.11. The van der Waals surface area contributed by atoms with E-state index in [2.05, 4.69) is 11.9 Å². The van der Waals surface area contributed by atoms with Crippen LogP contribution in [0.1, 0.15) is 36.9 Å². The van der Waals surface area contributed by atoms with Crippen LogP contribution < -0.4 is 4.90 Å². The molecule has 28 heavy (non-hydrogen) atoms. The van der Waals surface area contributed by atoms with Crippen molar-refractivity contribution in [2.45, 2.75) is 39.8 Å². The molecular formula is C22H27N3O3. The third-order valence-corrected chi connectivity index (χ3v) is 4.88. The molecule has 148 valence electrons. The van der Waals surface area contributed by atoms with Gasteiger partial charge in [-0.3, -0.25) is 9.69 Å². The molecule has 0 saturated carbocycles. The van der Waals surface area contributed by atoms with E-state index in [0.29, 0.717) is 5.82 Å². The van der Waals surface area contributed by atoms with E-state index in [1.54, 1.807) is 23.5 Å². The number of rotatable bonds is 7. The molecule has 1 unspecified atom stereocenters. The number of aliphatic hydroxyl groups is 1. The molecule has 0 aliphatic carbocycles. The number of para-hydroxylation sites is 3. The number of fused-ring (bicyclic) bond motifs is 1. The molecule has 6 heteroatoms. The number of aliphatic hydroxyl groups excluding tert-OH is 1. The molecule has 0 bridgehead atoms. The first-order valence-corrected chi connectivity index (χ1v) is 9.48. The van der Waals surface area contributed by atoms with Gasteiger partial charge in [-0.2, -0.15) is 0 Å². The molecular weight excluding hydrogens is 354 g/mol. The maximum atomic E-state index is 13.4. The molecule has 1 N–H and O–H groups in total. The van der Waals surface area contributed by atoms with Gasteiger partial charge in [0.05, 0.1) is 16.7 Å². The molecule has 3 rings (SSSR count). The molecule has 6 nitrogen and oxygen atoms in total. The first-order valence-electron chi connectivity index (χ1n) is 9.48. The highest BCUT2D eigenvalue weighted by atomic mass is 16.5. The highest BCUT2D eigenvalue weighted by Gasteiger charge is 2.23. The molecule has 1 aromatic heterocycles. The minimum atomic E-state index is -0.777. The maximum absolute atomic E-state index is 13.4. The lowest BCUT2D eigenvalue weighted by atomic mass is 10.0. The lowest BCUT2D eigenvalue weighted by molar-refractivity contribution is -0.120. The second kappa shape index (κ2) is 8.54. The first kappa shape index (κ1) is 20.0. The third kappa shape index (κ3) is 3.79. The van der Waals surface area contributed by atoms with Crippen molar-refractivity contribution in [1.29, 1.82) is 0 Å². The molecule has 0 spiro atoms. The topological polar surface area (TPSA) is 67.6 Å². The van der Waals surface area contributed by atoms with Crippen LogP contribution in [0.4, 0.5) is 5.69 Å². The largest absolute Gasteiger partial charge is 0.385 e. The molecule has 3 aromatic rings. The molecule has 0 saturated heterocycles. The molecule has 2 aromatic carbocycles. The summed E-state index contributed by atoms with van der Waals surface area (Å²) >= 11 is 0. The smallest absolute Gasteiger partial charge is 0.248 e. The van der Waals surface area contributed by atoms with E-state index in [9.17, 15) is 9.90 Å². The van der Waals surface area contributed by atoms with Crippen LogP contribution in [-0.4, -0.2) is 34.4 Å². The van der Waals surface area contributed by atoms with Crippen molar-refractivity contribution in [3.8, 4) is 0 Å². The number of imidazole rings is 1. The van der Waals surface area contributed by atoms with Gasteiger partial charge < -0.3 is 14.4 Å². The zero-order valence-corrected chi connectivity index (χ0v) is 16.8. The Hall–Kier alpha value is -2.70. The highest BCUT2D eigenvalue weighted by Crippen LogP contribution is 2.27. The van der Waals surface area contributed by atoms with Crippen LogP contribution in [0.5, 0.6) is 0 Å². The fourth-order valence-electron chi connectivity index (χ4n) is 3.58. The number of aryl methyl sites for hydroxylation is 2. The van der Waals surface area contributed by atoms with Crippen molar-refractivity contribution in [3.05, 3.63) is 59.4 Å². The lowest BCUT2D eigenvalue weighted by Gasteiger charge is -2.27. The fraction of sp³-hybridized carbons (Fsp3) is 0.364. The van der Waals surface area contributed by atoms with Crippen LogP contribution in [-0.2, 0) is 22.5 Å². The van der Waals surface area contributed by atoms with Gasteiger partial charge in [0, 0.05) is 7.11 Å². The van der Waals surface area contributed by atoms with E-state index < -0.39 is 6.10 Å². The normalized spacial score (nSPS) is 12.3. The maximum Gasteiger partial charge on any atom is 0.248 e. The Labute approximate surface area is 165 Å². The van der Waals surface area contributed by atoms with E-state index in [1.165, 1.54) is 0 Å². The summed E-state index contributed by atoms with van der Waals surface area (Å²) in [6.45, 7) is 5.96. The number of benzene rings is 2. The van der Waals surface area contributed by atoms with Crippen LogP contribution in [0.25, 0.3) is 11.0 Å². The van der Waals surface area contributed by atoms with Crippen molar-refractivity contribution in [2.75, 3.05) is 18.7 Å². The van der Waals surface area contributed by atoms with Gasteiger partial charge >= 0.3 is 0 Å². The summed E-state index contributed by atoms with van der Waals surface area (Å²) in [5.74, 6) is 0.364. The Morgan fingerprint density at radius 3 is 2.68 bits per heavy atom. The summed E-state index contributed by atoms with van der Waals surface area (Å²) in [6, 6.07) is 13.6. The summed E-state index contributed by atoms with van der Waals surface area (Å²) in [6.07, 6.45) is 0.0398. The van der Waals surface area contributed by atoms with Crippen molar-refractivity contribution < 1.29 is 14.6 Å². The Morgan fingerprint density at radius 1 is 1.25 bits per heavy atom. The molecule has 0 aliphatic heterocycles. The van der Waals surface area contributed by atoms with Gasteiger partial charge in [0.2, 0.25) is 5.91 Å². The summed E-state index contributed by atoms with van der Waals surface area (Å²) < 4.78 is 7.14. The fourth-order valence-corrected chi connectivity index (χ4v) is 3.58. The Morgan fingerprint density at radius 2 is 2.00 bits per heavy atom. The summed E-state index contributed by atoms with van der Waals surface area (Å²) in [5, 5.41) is 10.2. The quantitative estimate of drug-likeness (QED) is 0.635. The minimum absolute atomic E-state index is 0.0710. The van der Waals surface area contributed by atoms with Crippen molar-refractivity contribution in [1.82, 2.24) is 9.55 Å². The standard InChI is InChI=1S/C22H27N3O3/c1-5-17-10-8-9-15(2)21(17)25(14-28-4)20(27)13-24-19-12-7-6-11-18(19)23-22(24)16(3)26/h6-12,16,26H,5,13-14H2,1-4H3. The van der Waals surface area contributed by atoms with Gasteiger partial charge in [0.15, 0.2) is 0 Å². The predicted molar refractivity (Wildman–Crippen MR) is 110 cm³/mol. The minimum Gasteiger partial charge on any atom is -0.385 e. The van der Waals surface area contributed by atoms with E-state index in [-0.39, 0.29) is 19.2 Å². The third-order valence-electron chi connectivity index (χ3n) is 4.88. The Bertz CT molecular complexity index is 978. The van der Waals surface area contributed by atoms with Crippen molar-refractivity contribution in [3.63, 3.8) is 0 Å². The molecule has 0 radical (unpaired) electrons. The number of ether oxygens (including phenoxy) is 1. The summed E-state index contributed by atoms with van der Waals surface area (Å²) in [5.41, 5.74) is 4.59. The number of carbonyl (C=O) groups is 1. The number of nitrogens with zero attached hydrogens (tertiary/aromatic N) is 3. The second-order valence-electron chi connectivity index (χ2n) is 6.90. The zero-order valence-electron chi connectivity index (χ0n) is 16.8. The number of carbonyl (C=O) groups excluding carboxylic acids is 1. The SMILES string of the molecule is CCc1cccc(C)c1N(COC)C(=O)Cn1c(C(C)O)nc2ccccc21. The number of hydrogen-bond acceptors (Lipinski definition) is 4. The monoisotopic (exact) mass is 381 g/mol. The van der Waals surface area contributed by atoms with E-state index in [4.69, 9.17) is 4.74 Å².